The average Bonchev–Trinajstić information content (AvgIpc) is 1.53. The molecule has 0 fully saturated rings. The highest BCUT2D eigenvalue weighted by Gasteiger charge is 2.39. The molecular formula is C128H77N7O5. The Morgan fingerprint density at radius 3 is 1.20 bits per heavy atom. The number of rotatable bonds is 10. The van der Waals surface area contributed by atoms with Gasteiger partial charge in [-0.1, -0.05) is 244 Å². The number of hydrogen-bond acceptors (Lipinski definition) is 5. The number of fused-ring (bicyclic) bond motifs is 25. The molecule has 12 heteroatoms. The molecule has 140 heavy (non-hydrogen) atoms. The summed E-state index contributed by atoms with van der Waals surface area (Å²) in [7, 11) is 0. The molecule has 30 rings (SSSR count). The molecule has 20 aromatic carbocycles. The summed E-state index contributed by atoms with van der Waals surface area (Å²) in [6.07, 6.45) is 0.701. The molecule has 0 amide bonds. The number of pyridine rings is 4. The van der Waals surface area contributed by atoms with Crippen molar-refractivity contribution in [3.05, 3.63) is 482 Å². The number of nitrogens with zero attached hydrogens (tertiary/aromatic N) is 7. The highest BCUT2D eigenvalue weighted by Crippen LogP contribution is 2.56. The molecule has 0 aliphatic heterocycles. The number of aromatic nitrogens is 7. The van der Waals surface area contributed by atoms with E-state index < -0.39 is 0 Å². The predicted molar refractivity (Wildman–Crippen MR) is 576 cm³/mol. The molecule has 28 aromatic rings. The van der Waals surface area contributed by atoms with Crippen LogP contribution in [0.1, 0.15) is 36.1 Å². The molecule has 8 aromatic heterocycles. The van der Waals surface area contributed by atoms with Crippen molar-refractivity contribution in [1.82, 2.24) is 32.0 Å². The normalized spacial score (nSPS) is 12.9. The molecule has 12 nitrogen and oxygen atoms in total. The lowest BCUT2D eigenvalue weighted by atomic mass is 9.81. The zero-order chi connectivity index (χ0) is 92.5. The fraction of sp³-hybridized carbons (Fsp3) is 0.0312. The smallest absolute Gasteiger partial charge is 0.263 e. The minimum Gasteiger partial charge on any atom is -0.456 e. The molecule has 0 unspecified atom stereocenters. The van der Waals surface area contributed by atoms with Crippen molar-refractivity contribution < 1.29 is 4.42 Å². The summed E-state index contributed by atoms with van der Waals surface area (Å²) in [5.41, 5.74) is 29.8. The molecule has 2 aliphatic carbocycles. The first-order valence-corrected chi connectivity index (χ1v) is 47.7. The summed E-state index contributed by atoms with van der Waals surface area (Å²) >= 11 is 0. The summed E-state index contributed by atoms with van der Waals surface area (Å²) in [6.45, 7) is 4.68. The lowest BCUT2D eigenvalue weighted by molar-refractivity contribution is 0.661. The van der Waals surface area contributed by atoms with Crippen LogP contribution in [0.2, 0.25) is 0 Å². The van der Waals surface area contributed by atoms with E-state index >= 15 is 9.59 Å². The fourth-order valence-corrected chi connectivity index (χ4v) is 24.6. The van der Waals surface area contributed by atoms with E-state index in [0.29, 0.717) is 28.0 Å². The molecule has 2 aliphatic rings. The molecule has 8 heterocycles. The highest BCUT2D eigenvalue weighted by molar-refractivity contribution is 6.27. The van der Waals surface area contributed by atoms with Gasteiger partial charge < -0.3 is 18.1 Å². The third-order valence-corrected chi connectivity index (χ3v) is 30.8. The SMILES string of the molecule is CC1(C)c2cc3c(cc2-c2c(-c4ccc5c(=O)n(-c6ccc(-n7c8ccccc8c8ccc9c%10c(-c%11ccc(-n%12c(=O)c%13cccc%14c%13c%13c(c(-c%15ccc%16c(c%15)oc%15ccccc%15%16)ccc%13%12)C%14)cc%11)cccc%10n(-c%10ccc(-n%11c(=O)c%12ccccc%12c%12ccccc%12%11)cc%10)c9c87)cc6)c6ccccc6c5c4)cccc21)c1ccccc1n3-c1ccc(-n2c(=O)c3ccccc3c3ccccc32)cc1. The van der Waals surface area contributed by atoms with E-state index in [-0.39, 0.29) is 27.7 Å². The minimum absolute atomic E-state index is 0.0507. The van der Waals surface area contributed by atoms with Gasteiger partial charge in [0, 0.05) is 137 Å². The average molecular weight is 1790 g/mol. The van der Waals surface area contributed by atoms with Crippen LogP contribution < -0.4 is 22.2 Å². The van der Waals surface area contributed by atoms with Crippen LogP contribution in [0.3, 0.4) is 0 Å². The van der Waals surface area contributed by atoms with Crippen molar-refractivity contribution in [3.8, 4) is 84.3 Å². The first-order chi connectivity index (χ1) is 68.9. The van der Waals surface area contributed by atoms with E-state index in [0.717, 1.165) is 231 Å². The van der Waals surface area contributed by atoms with Crippen LogP contribution in [0.5, 0.6) is 0 Å². The second-order valence-electron chi connectivity index (χ2n) is 38.2. The quantitative estimate of drug-likeness (QED) is 0.126. The lowest BCUT2D eigenvalue weighted by Crippen LogP contribution is -2.19. The van der Waals surface area contributed by atoms with Gasteiger partial charge in [-0.25, -0.2) is 0 Å². The lowest BCUT2D eigenvalue weighted by Gasteiger charge is -2.22. The van der Waals surface area contributed by atoms with Crippen molar-refractivity contribution in [2.24, 2.45) is 0 Å². The number of para-hydroxylation sites is 6. The minimum atomic E-state index is -0.388. The molecule has 0 N–H and O–H groups in total. The van der Waals surface area contributed by atoms with Crippen molar-refractivity contribution in [2.45, 2.75) is 25.7 Å². The van der Waals surface area contributed by atoms with E-state index in [9.17, 15) is 9.59 Å². The van der Waals surface area contributed by atoms with Crippen molar-refractivity contribution >= 4 is 174 Å². The van der Waals surface area contributed by atoms with Crippen molar-refractivity contribution in [2.75, 3.05) is 0 Å². The Kier molecular flexibility index (Phi) is 16.0. The Morgan fingerprint density at radius 2 is 0.600 bits per heavy atom. The third-order valence-electron chi connectivity index (χ3n) is 30.8. The Labute approximate surface area is 797 Å². The summed E-state index contributed by atoms with van der Waals surface area (Å²) in [5, 5.41) is 19.1. The van der Waals surface area contributed by atoms with E-state index in [2.05, 4.69) is 325 Å². The first kappa shape index (κ1) is 77.9. The van der Waals surface area contributed by atoms with Gasteiger partial charge in [-0.05, 0) is 277 Å². The standard InChI is InChI=1S/C128H77N7O5/c1-128(2)106-36-20-33-86(119(106)105-71-103-93-29-11-13-37-108(93)129(115(103)72-107(105)128)77-50-56-81(57-51-77)132-110-39-15-7-25-89(110)87-23-3-5-31-97(87)124(132)136)74-47-63-99-102(68-74)92-28-10-17-41-112(92)134(126(99)138)83-58-52-78(53-59-83)130-109-38-14-9-27-91(109)96-64-65-100-120-85(34-21-42-113(120)131(123(100)122(96)130)79-54-60-82(61-55-79)133-111-40-16-8-26-90(111)88-24-4-6-32-98(88)125(133)137)73-44-48-80(49-45-73)135-114-67-66-84(104-69-76-22-19-35-101(127(135)139)118(76)121(104)114)75-46-62-95-94-30-12-18-43-116(94)140-117(95)70-75/h3-68,70-72H,69H2,1-2H3. The molecule has 0 atom stereocenters. The van der Waals surface area contributed by atoms with Crippen LogP contribution in [0.25, 0.3) is 258 Å². The fourth-order valence-electron chi connectivity index (χ4n) is 24.6. The number of hydrogen-bond donors (Lipinski definition) is 0. The predicted octanol–water partition coefficient (Wildman–Crippen LogP) is 29.9. The Hall–Kier alpha value is -18.5. The van der Waals surface area contributed by atoms with Crippen molar-refractivity contribution in [3.63, 3.8) is 0 Å². The maximum absolute atomic E-state index is 16.0. The first-order valence-electron chi connectivity index (χ1n) is 47.7. The Morgan fingerprint density at radius 1 is 0.214 bits per heavy atom. The van der Waals surface area contributed by atoms with Gasteiger partial charge in [0.2, 0.25) is 0 Å². The van der Waals surface area contributed by atoms with Crippen LogP contribution in [-0.2, 0) is 11.8 Å². The van der Waals surface area contributed by atoms with Crippen LogP contribution in [0.15, 0.2) is 442 Å². The maximum Gasteiger partial charge on any atom is 0.263 e. The van der Waals surface area contributed by atoms with Crippen LogP contribution in [0, 0.1) is 0 Å². The van der Waals surface area contributed by atoms with Crippen LogP contribution in [0.4, 0.5) is 0 Å². The van der Waals surface area contributed by atoms with E-state index in [1.807, 2.05) is 140 Å². The second kappa shape index (κ2) is 28.8. The van der Waals surface area contributed by atoms with Gasteiger partial charge in [0.15, 0.2) is 0 Å². The summed E-state index contributed by atoms with van der Waals surface area (Å²) < 4.78 is 21.1. The summed E-state index contributed by atoms with van der Waals surface area (Å²) in [6, 6.07) is 146. The topological polar surface area (TPSA) is 116 Å². The molecule has 0 saturated carbocycles. The van der Waals surface area contributed by atoms with Crippen molar-refractivity contribution in [1.29, 1.82) is 0 Å². The van der Waals surface area contributed by atoms with Gasteiger partial charge in [0.25, 0.3) is 22.2 Å². The Balaban J connectivity index is 0.546. The highest BCUT2D eigenvalue weighted by atomic mass is 16.3. The maximum atomic E-state index is 16.0. The van der Waals surface area contributed by atoms with E-state index in [1.54, 1.807) is 0 Å². The second-order valence-corrected chi connectivity index (χ2v) is 38.2. The molecule has 654 valence electrons. The van der Waals surface area contributed by atoms with E-state index in [4.69, 9.17) is 4.42 Å². The zero-order valence-electron chi connectivity index (χ0n) is 75.7. The third kappa shape index (κ3) is 10.7. The van der Waals surface area contributed by atoms with Crippen LogP contribution >= 0.6 is 0 Å². The molecular weight excluding hydrogens is 1720 g/mol. The number of benzene rings is 20. The van der Waals surface area contributed by atoms with Gasteiger partial charge in [-0.15, -0.1) is 0 Å². The molecule has 0 spiro atoms. The van der Waals surface area contributed by atoms with Gasteiger partial charge in [0.05, 0.1) is 55.2 Å². The molecule has 0 bridgehead atoms. The largest absolute Gasteiger partial charge is 0.456 e. The summed E-state index contributed by atoms with van der Waals surface area (Å²) in [4.78, 5) is 60.8. The monoisotopic (exact) mass is 1790 g/mol. The molecule has 0 saturated heterocycles. The van der Waals surface area contributed by atoms with Gasteiger partial charge in [-0.2, -0.15) is 0 Å². The number of furan rings is 1. The Bertz CT molecular complexity index is 10800. The van der Waals surface area contributed by atoms with Crippen LogP contribution in [-0.4, -0.2) is 32.0 Å². The zero-order valence-corrected chi connectivity index (χ0v) is 75.7. The van der Waals surface area contributed by atoms with E-state index in [1.165, 1.54) is 27.8 Å². The molecule has 0 radical (unpaired) electrons. The van der Waals surface area contributed by atoms with Gasteiger partial charge >= 0.3 is 0 Å². The summed E-state index contributed by atoms with van der Waals surface area (Å²) in [5.74, 6) is 0. The van der Waals surface area contributed by atoms with Gasteiger partial charge in [0.1, 0.15) is 11.2 Å². The van der Waals surface area contributed by atoms with Gasteiger partial charge in [-0.3, -0.25) is 37.4 Å².